The first-order chi connectivity index (χ1) is 21.4. The second-order valence-corrected chi connectivity index (χ2v) is 11.4. The zero-order valence-corrected chi connectivity index (χ0v) is 25.1. The van der Waals surface area contributed by atoms with Crippen molar-refractivity contribution >= 4 is 40.6 Å². The number of carbonyl (C=O) groups is 2. The number of nitrogens with zero attached hydrogens (tertiary/aromatic N) is 4. The van der Waals surface area contributed by atoms with Gasteiger partial charge in [-0.05, 0) is 52.2 Å². The maximum atomic E-state index is 12.5. The number of thioether (sulfide) groups is 1. The van der Waals surface area contributed by atoms with Crippen molar-refractivity contribution in [2.75, 3.05) is 22.1 Å². The molecule has 12 nitrogen and oxygen atoms in total. The average Bonchev–Trinajstić information content (AvgIpc) is 3.45. The molecular formula is C31H35N7O5S. The number of carbonyl (C=O) groups excluding carboxylic acids is 2. The first kappa shape index (κ1) is 31.1. The fourth-order valence-corrected chi connectivity index (χ4v) is 5.58. The number of rotatable bonds is 12. The Hall–Kier alpha value is -4.30. The Balaban J connectivity index is 1.16. The third-order valence-corrected chi connectivity index (χ3v) is 8.25. The highest BCUT2D eigenvalue weighted by atomic mass is 32.2. The molecule has 1 saturated heterocycles. The summed E-state index contributed by atoms with van der Waals surface area (Å²) in [6.07, 6.45) is 0.442. The number of aromatic nitrogens is 4. The quantitative estimate of drug-likeness (QED) is 0.132. The lowest BCUT2D eigenvalue weighted by Gasteiger charge is -2.36. The molecule has 3 atom stereocenters. The van der Waals surface area contributed by atoms with Crippen LogP contribution in [0.4, 0.5) is 17.1 Å². The molecule has 0 aliphatic carbocycles. The molecule has 4 aromatic rings. The van der Waals surface area contributed by atoms with Crippen LogP contribution in [0.5, 0.6) is 0 Å². The summed E-state index contributed by atoms with van der Waals surface area (Å²) in [7, 11) is 1.79. The summed E-state index contributed by atoms with van der Waals surface area (Å²) in [5.74, 6) is 0.251. The predicted molar refractivity (Wildman–Crippen MR) is 166 cm³/mol. The Morgan fingerprint density at radius 1 is 0.977 bits per heavy atom. The SMILES string of the molecule is Cn1nnnc1SCC1CC(c2ccc(CO)cc2)OC(c2ccc(NC(=O)CCCC(=O)Nc3ccccc3N)cc2)O1. The lowest BCUT2D eigenvalue weighted by molar-refractivity contribution is -0.245. The molecule has 2 heterocycles. The minimum absolute atomic E-state index is 0.0232. The maximum absolute atomic E-state index is 12.5. The molecule has 13 heteroatoms. The second kappa shape index (κ2) is 14.9. The molecule has 0 spiro atoms. The molecule has 1 aliphatic rings. The Kier molecular flexibility index (Phi) is 10.6. The van der Waals surface area contributed by atoms with Crippen molar-refractivity contribution in [3.05, 3.63) is 89.5 Å². The lowest BCUT2D eigenvalue weighted by Crippen LogP contribution is -2.31. The number of aliphatic hydroxyl groups is 1. The zero-order chi connectivity index (χ0) is 30.9. The molecule has 1 fully saturated rings. The largest absolute Gasteiger partial charge is 0.397 e. The highest BCUT2D eigenvalue weighted by Crippen LogP contribution is 2.39. The lowest BCUT2D eigenvalue weighted by atomic mass is 10.0. The average molecular weight is 618 g/mol. The van der Waals surface area contributed by atoms with Gasteiger partial charge in [0.2, 0.25) is 17.0 Å². The summed E-state index contributed by atoms with van der Waals surface area (Å²) in [6, 6.07) is 22.1. The first-order valence-corrected chi connectivity index (χ1v) is 15.3. The van der Waals surface area contributed by atoms with Gasteiger partial charge < -0.3 is 30.9 Å². The summed E-state index contributed by atoms with van der Waals surface area (Å²) in [4.78, 5) is 24.8. The summed E-state index contributed by atoms with van der Waals surface area (Å²) in [6.45, 7) is -0.0232. The predicted octanol–water partition coefficient (Wildman–Crippen LogP) is 4.37. The minimum atomic E-state index is -0.628. The summed E-state index contributed by atoms with van der Waals surface area (Å²) in [5.41, 5.74) is 10.2. The number of nitrogens with two attached hydrogens (primary N) is 1. The van der Waals surface area contributed by atoms with E-state index in [0.717, 1.165) is 16.7 Å². The Labute approximate surface area is 259 Å². The molecule has 1 aromatic heterocycles. The van der Waals surface area contributed by atoms with Crippen molar-refractivity contribution in [3.8, 4) is 0 Å². The van der Waals surface area contributed by atoms with Crippen LogP contribution in [-0.2, 0) is 32.7 Å². The molecule has 3 aromatic carbocycles. The summed E-state index contributed by atoms with van der Waals surface area (Å²) in [5, 5.41) is 27.4. The van der Waals surface area contributed by atoms with Crippen molar-refractivity contribution in [3.63, 3.8) is 0 Å². The topological polar surface area (TPSA) is 167 Å². The summed E-state index contributed by atoms with van der Waals surface area (Å²) >= 11 is 1.51. The van der Waals surface area contributed by atoms with Gasteiger partial charge in [0.05, 0.1) is 30.2 Å². The number of tetrazole rings is 1. The zero-order valence-electron chi connectivity index (χ0n) is 24.3. The van der Waals surface area contributed by atoms with Crippen molar-refractivity contribution in [2.24, 2.45) is 7.05 Å². The van der Waals surface area contributed by atoms with Crippen LogP contribution in [0.1, 0.15) is 54.8 Å². The monoisotopic (exact) mass is 617 g/mol. The highest BCUT2D eigenvalue weighted by molar-refractivity contribution is 7.99. The molecule has 1 aliphatic heterocycles. The number of amides is 2. The van der Waals surface area contributed by atoms with Gasteiger partial charge >= 0.3 is 0 Å². The number of ether oxygens (including phenoxy) is 2. The third-order valence-electron chi connectivity index (χ3n) is 7.10. The van der Waals surface area contributed by atoms with Crippen LogP contribution in [0.3, 0.4) is 0 Å². The highest BCUT2D eigenvalue weighted by Gasteiger charge is 2.32. The number of nitrogen functional groups attached to an aromatic ring is 1. The van der Waals surface area contributed by atoms with Gasteiger partial charge in [0, 0.05) is 43.3 Å². The van der Waals surface area contributed by atoms with E-state index >= 15 is 0 Å². The van der Waals surface area contributed by atoms with Crippen LogP contribution in [-0.4, -0.2) is 49.0 Å². The number of para-hydroxylation sites is 2. The molecule has 0 saturated carbocycles. The Bertz CT molecular complexity index is 1550. The Morgan fingerprint density at radius 3 is 2.36 bits per heavy atom. The van der Waals surface area contributed by atoms with E-state index in [9.17, 15) is 14.7 Å². The van der Waals surface area contributed by atoms with Crippen molar-refractivity contribution in [2.45, 2.75) is 55.9 Å². The number of aliphatic hydroxyl groups excluding tert-OH is 1. The molecular weight excluding hydrogens is 582 g/mol. The number of hydrogen-bond acceptors (Lipinski definition) is 10. The van der Waals surface area contributed by atoms with Crippen LogP contribution >= 0.6 is 11.8 Å². The number of benzene rings is 3. The van der Waals surface area contributed by atoms with Crippen LogP contribution in [0.15, 0.2) is 78.0 Å². The van der Waals surface area contributed by atoms with E-state index in [0.29, 0.717) is 40.8 Å². The first-order valence-electron chi connectivity index (χ1n) is 14.3. The second-order valence-electron chi connectivity index (χ2n) is 10.4. The van der Waals surface area contributed by atoms with E-state index in [1.165, 1.54) is 11.8 Å². The molecule has 230 valence electrons. The molecule has 5 N–H and O–H groups in total. The number of nitrogens with one attached hydrogen (secondary N) is 2. The Morgan fingerprint density at radius 2 is 1.68 bits per heavy atom. The van der Waals surface area contributed by atoms with Gasteiger partial charge in [0.15, 0.2) is 6.29 Å². The van der Waals surface area contributed by atoms with Gasteiger partial charge in [-0.25, -0.2) is 4.68 Å². The fourth-order valence-electron chi connectivity index (χ4n) is 4.71. The standard InChI is InChI=1S/C31H35N7O5S/c1-38-31(35-36-37-38)44-19-24-17-27(21-11-9-20(18-39)10-12-21)43-30(42-24)22-13-15-23(16-14-22)33-28(40)7-4-8-29(41)34-26-6-3-2-5-25(26)32/h2-3,5-6,9-16,24,27,30,39H,4,7-8,17-19,32H2,1H3,(H,33,40)(H,34,41). The number of anilines is 3. The third kappa shape index (κ3) is 8.41. The van der Waals surface area contributed by atoms with E-state index in [1.54, 1.807) is 48.1 Å². The van der Waals surface area contributed by atoms with Crippen LogP contribution < -0.4 is 16.4 Å². The van der Waals surface area contributed by atoms with Crippen LogP contribution in [0, 0.1) is 0 Å². The molecule has 0 bridgehead atoms. The van der Waals surface area contributed by atoms with E-state index in [4.69, 9.17) is 15.2 Å². The van der Waals surface area contributed by atoms with Gasteiger partial charge in [-0.2, -0.15) is 0 Å². The van der Waals surface area contributed by atoms with Gasteiger partial charge in [-0.15, -0.1) is 5.10 Å². The van der Waals surface area contributed by atoms with E-state index < -0.39 is 6.29 Å². The van der Waals surface area contributed by atoms with Crippen molar-refractivity contribution < 1.29 is 24.2 Å². The van der Waals surface area contributed by atoms with Gasteiger partial charge in [-0.1, -0.05) is 60.3 Å². The molecule has 5 rings (SSSR count). The summed E-state index contributed by atoms with van der Waals surface area (Å²) < 4.78 is 14.4. The molecule has 0 radical (unpaired) electrons. The van der Waals surface area contributed by atoms with E-state index in [2.05, 4.69) is 26.2 Å². The van der Waals surface area contributed by atoms with Crippen LogP contribution in [0.25, 0.3) is 0 Å². The van der Waals surface area contributed by atoms with Crippen molar-refractivity contribution in [1.29, 1.82) is 0 Å². The van der Waals surface area contributed by atoms with Crippen molar-refractivity contribution in [1.82, 2.24) is 20.2 Å². The molecule has 2 amide bonds. The maximum Gasteiger partial charge on any atom is 0.224 e. The molecule has 3 unspecified atom stereocenters. The number of hydrogen-bond donors (Lipinski definition) is 4. The number of aryl methyl sites for hydroxylation is 1. The van der Waals surface area contributed by atoms with E-state index in [-0.39, 0.29) is 43.5 Å². The van der Waals surface area contributed by atoms with Gasteiger partial charge in [-0.3, -0.25) is 9.59 Å². The van der Waals surface area contributed by atoms with E-state index in [1.807, 2.05) is 36.4 Å². The minimum Gasteiger partial charge on any atom is -0.397 e. The smallest absolute Gasteiger partial charge is 0.224 e. The van der Waals surface area contributed by atoms with Gasteiger partial charge in [0.25, 0.3) is 0 Å². The molecule has 44 heavy (non-hydrogen) atoms. The van der Waals surface area contributed by atoms with Gasteiger partial charge in [0.1, 0.15) is 0 Å². The fraction of sp³-hybridized carbons (Fsp3) is 0.323. The normalized spacial score (nSPS) is 18.1. The van der Waals surface area contributed by atoms with Crippen LogP contribution in [0.2, 0.25) is 0 Å².